The molecule has 0 saturated carbocycles. The fourth-order valence-electron chi connectivity index (χ4n) is 3.10. The van der Waals surface area contributed by atoms with E-state index in [0.29, 0.717) is 18.3 Å². The van der Waals surface area contributed by atoms with E-state index in [1.165, 1.54) is 5.56 Å². The van der Waals surface area contributed by atoms with Crippen LogP contribution in [0.5, 0.6) is 0 Å². The number of rotatable bonds is 5. The molecule has 0 atom stereocenters. The van der Waals surface area contributed by atoms with E-state index in [-0.39, 0.29) is 0 Å². The predicted octanol–water partition coefficient (Wildman–Crippen LogP) is 3.21. The van der Waals surface area contributed by atoms with E-state index in [4.69, 9.17) is 4.42 Å². The highest BCUT2D eigenvalue weighted by Crippen LogP contribution is 2.26. The molecule has 1 aromatic carbocycles. The van der Waals surface area contributed by atoms with Crippen molar-refractivity contribution in [3.8, 4) is 11.5 Å². The van der Waals surface area contributed by atoms with Gasteiger partial charge in [-0.1, -0.05) is 12.1 Å². The standard InChI is InChI=1S/C19H20BrN5O/c20-17-4-2-1-3-16(17)19-23-22-18(26-19)14-25-11-9-24(10-12-25)13-15-5-7-21-8-6-15/h1-8H,9-14H2. The highest BCUT2D eigenvalue weighted by molar-refractivity contribution is 9.10. The highest BCUT2D eigenvalue weighted by atomic mass is 79.9. The number of aromatic nitrogens is 3. The summed E-state index contributed by atoms with van der Waals surface area (Å²) in [6, 6.07) is 12.0. The lowest BCUT2D eigenvalue weighted by atomic mass is 10.2. The maximum atomic E-state index is 5.86. The van der Waals surface area contributed by atoms with Crippen molar-refractivity contribution in [3.63, 3.8) is 0 Å². The van der Waals surface area contributed by atoms with Crippen LogP contribution in [0.15, 0.2) is 57.7 Å². The maximum Gasteiger partial charge on any atom is 0.248 e. The van der Waals surface area contributed by atoms with E-state index >= 15 is 0 Å². The minimum Gasteiger partial charge on any atom is -0.419 e. The molecular weight excluding hydrogens is 394 g/mol. The first kappa shape index (κ1) is 17.3. The predicted molar refractivity (Wildman–Crippen MR) is 102 cm³/mol. The quantitative estimate of drug-likeness (QED) is 0.639. The molecule has 7 heteroatoms. The molecule has 0 bridgehead atoms. The summed E-state index contributed by atoms with van der Waals surface area (Å²) in [6.07, 6.45) is 3.70. The Kier molecular flexibility index (Phi) is 5.38. The number of nitrogens with zero attached hydrogens (tertiary/aromatic N) is 5. The molecule has 4 rings (SSSR count). The van der Waals surface area contributed by atoms with Gasteiger partial charge in [-0.15, -0.1) is 10.2 Å². The molecule has 3 heterocycles. The van der Waals surface area contributed by atoms with E-state index in [9.17, 15) is 0 Å². The second-order valence-corrected chi connectivity index (χ2v) is 7.24. The summed E-state index contributed by atoms with van der Waals surface area (Å²) in [5.74, 6) is 1.22. The van der Waals surface area contributed by atoms with Crippen LogP contribution in [0.3, 0.4) is 0 Å². The fraction of sp³-hybridized carbons (Fsp3) is 0.316. The summed E-state index contributed by atoms with van der Waals surface area (Å²) in [4.78, 5) is 8.90. The van der Waals surface area contributed by atoms with Crippen LogP contribution in [0.25, 0.3) is 11.5 Å². The molecule has 0 aliphatic carbocycles. The average molecular weight is 414 g/mol. The SMILES string of the molecule is Brc1ccccc1-c1nnc(CN2CCN(Cc3ccncc3)CC2)o1. The molecule has 1 fully saturated rings. The second-order valence-electron chi connectivity index (χ2n) is 6.39. The molecule has 0 unspecified atom stereocenters. The molecule has 2 aromatic heterocycles. The third-order valence-electron chi connectivity index (χ3n) is 4.55. The number of piperazine rings is 1. The minimum absolute atomic E-state index is 0.559. The second kappa shape index (κ2) is 8.07. The Hall–Kier alpha value is -2.09. The van der Waals surface area contributed by atoms with Gasteiger partial charge in [-0.05, 0) is 45.8 Å². The lowest BCUT2D eigenvalue weighted by molar-refractivity contribution is 0.114. The molecule has 26 heavy (non-hydrogen) atoms. The van der Waals surface area contributed by atoms with E-state index in [2.05, 4.69) is 53.0 Å². The van der Waals surface area contributed by atoms with Gasteiger partial charge in [0.05, 0.1) is 12.1 Å². The molecule has 3 aromatic rings. The molecule has 0 radical (unpaired) electrons. The van der Waals surface area contributed by atoms with Crippen molar-refractivity contribution in [3.05, 3.63) is 64.7 Å². The molecule has 1 aliphatic heterocycles. The first-order chi connectivity index (χ1) is 12.8. The van der Waals surface area contributed by atoms with Crippen LogP contribution in [0.4, 0.5) is 0 Å². The number of pyridine rings is 1. The van der Waals surface area contributed by atoms with Crippen molar-refractivity contribution in [2.45, 2.75) is 13.1 Å². The van der Waals surface area contributed by atoms with Crippen LogP contribution in [0.1, 0.15) is 11.5 Å². The molecule has 1 saturated heterocycles. The topological polar surface area (TPSA) is 58.3 Å². The monoisotopic (exact) mass is 413 g/mol. The van der Waals surface area contributed by atoms with Gasteiger partial charge in [0, 0.05) is 49.6 Å². The van der Waals surface area contributed by atoms with Gasteiger partial charge in [0.25, 0.3) is 0 Å². The number of halogens is 1. The van der Waals surface area contributed by atoms with Gasteiger partial charge in [0.15, 0.2) is 0 Å². The molecule has 0 amide bonds. The Morgan fingerprint density at radius 3 is 2.31 bits per heavy atom. The Morgan fingerprint density at radius 1 is 0.885 bits per heavy atom. The van der Waals surface area contributed by atoms with E-state index < -0.39 is 0 Å². The normalized spacial score (nSPS) is 16.0. The van der Waals surface area contributed by atoms with Crippen LogP contribution < -0.4 is 0 Å². The van der Waals surface area contributed by atoms with Crippen LogP contribution in [0, 0.1) is 0 Å². The van der Waals surface area contributed by atoms with Crippen LogP contribution in [-0.4, -0.2) is 51.2 Å². The van der Waals surface area contributed by atoms with Crippen molar-refractivity contribution in [2.75, 3.05) is 26.2 Å². The fourth-order valence-corrected chi connectivity index (χ4v) is 3.56. The number of benzene rings is 1. The largest absolute Gasteiger partial charge is 0.419 e. The maximum absolute atomic E-state index is 5.86. The summed E-state index contributed by atoms with van der Waals surface area (Å²) >= 11 is 3.53. The Balaban J connectivity index is 1.32. The zero-order valence-corrected chi connectivity index (χ0v) is 16.0. The smallest absolute Gasteiger partial charge is 0.248 e. The van der Waals surface area contributed by atoms with Crippen molar-refractivity contribution >= 4 is 15.9 Å². The van der Waals surface area contributed by atoms with Crippen molar-refractivity contribution in [2.24, 2.45) is 0 Å². The number of hydrogen-bond donors (Lipinski definition) is 0. The molecule has 0 spiro atoms. The Labute approximate surface area is 161 Å². The molecular formula is C19H20BrN5O. The molecule has 0 N–H and O–H groups in total. The first-order valence-corrected chi connectivity index (χ1v) is 9.48. The van der Waals surface area contributed by atoms with Crippen LogP contribution >= 0.6 is 15.9 Å². The highest BCUT2D eigenvalue weighted by Gasteiger charge is 2.19. The molecule has 6 nitrogen and oxygen atoms in total. The van der Waals surface area contributed by atoms with E-state index in [1.807, 2.05) is 36.7 Å². The average Bonchev–Trinajstić information content (AvgIpc) is 3.13. The van der Waals surface area contributed by atoms with E-state index in [1.54, 1.807) is 0 Å². The number of hydrogen-bond acceptors (Lipinski definition) is 6. The first-order valence-electron chi connectivity index (χ1n) is 8.69. The lowest BCUT2D eigenvalue weighted by Gasteiger charge is -2.33. The van der Waals surface area contributed by atoms with Gasteiger partial charge in [0.1, 0.15) is 0 Å². The van der Waals surface area contributed by atoms with Crippen LogP contribution in [0.2, 0.25) is 0 Å². The van der Waals surface area contributed by atoms with Gasteiger partial charge < -0.3 is 4.42 Å². The third-order valence-corrected chi connectivity index (χ3v) is 5.24. The van der Waals surface area contributed by atoms with Gasteiger partial charge in [-0.25, -0.2) is 0 Å². The van der Waals surface area contributed by atoms with Crippen molar-refractivity contribution < 1.29 is 4.42 Å². The van der Waals surface area contributed by atoms with Gasteiger partial charge in [-0.3, -0.25) is 14.8 Å². The summed E-state index contributed by atoms with van der Waals surface area (Å²) in [5, 5.41) is 8.41. The van der Waals surface area contributed by atoms with Crippen molar-refractivity contribution in [1.29, 1.82) is 0 Å². The van der Waals surface area contributed by atoms with Crippen molar-refractivity contribution in [1.82, 2.24) is 25.0 Å². The van der Waals surface area contributed by atoms with Gasteiger partial charge in [0.2, 0.25) is 11.8 Å². The lowest BCUT2D eigenvalue weighted by Crippen LogP contribution is -2.45. The van der Waals surface area contributed by atoms with Gasteiger partial charge in [-0.2, -0.15) is 0 Å². The third kappa shape index (κ3) is 4.17. The minimum atomic E-state index is 0.559. The summed E-state index contributed by atoms with van der Waals surface area (Å²) < 4.78 is 6.82. The Bertz CT molecular complexity index is 846. The van der Waals surface area contributed by atoms with Crippen LogP contribution in [-0.2, 0) is 13.1 Å². The zero-order valence-electron chi connectivity index (χ0n) is 14.4. The zero-order chi connectivity index (χ0) is 17.8. The van der Waals surface area contributed by atoms with E-state index in [0.717, 1.165) is 42.8 Å². The summed E-state index contributed by atoms with van der Waals surface area (Å²) in [5.41, 5.74) is 2.23. The molecule has 1 aliphatic rings. The molecule has 134 valence electrons. The Morgan fingerprint density at radius 2 is 1.58 bits per heavy atom. The summed E-state index contributed by atoms with van der Waals surface area (Å²) in [6.45, 7) is 5.74. The summed E-state index contributed by atoms with van der Waals surface area (Å²) in [7, 11) is 0. The van der Waals surface area contributed by atoms with Gasteiger partial charge >= 0.3 is 0 Å².